The Morgan fingerprint density at radius 2 is 1.90 bits per heavy atom. The third kappa shape index (κ3) is 2.64. The van der Waals surface area contributed by atoms with Gasteiger partial charge in [-0.1, -0.05) is 17.7 Å². The summed E-state index contributed by atoms with van der Waals surface area (Å²) in [6, 6.07) is 13.9. The van der Waals surface area contributed by atoms with E-state index in [4.69, 9.17) is 16.7 Å². The number of aromatic nitrogens is 3. The van der Waals surface area contributed by atoms with E-state index >= 15 is 0 Å². The number of carboxylic acids is 1. The minimum absolute atomic E-state index is 0.0365. The standard InChI is InChI=1S/C15H10ClN3O2/c16-10-4-6-11(7-5-10)19-14(9-13(18-19)15(20)21)12-3-1-2-8-17-12/h1-9H,(H,20,21). The van der Waals surface area contributed by atoms with E-state index in [1.807, 2.05) is 6.07 Å². The van der Waals surface area contributed by atoms with Gasteiger partial charge in [-0.2, -0.15) is 5.10 Å². The zero-order valence-electron chi connectivity index (χ0n) is 10.8. The first-order valence-corrected chi connectivity index (χ1v) is 6.53. The molecule has 0 radical (unpaired) electrons. The lowest BCUT2D eigenvalue weighted by Gasteiger charge is -2.06. The SMILES string of the molecule is O=C(O)c1cc(-c2ccccn2)n(-c2ccc(Cl)cc2)n1. The van der Waals surface area contributed by atoms with E-state index in [1.54, 1.807) is 47.3 Å². The van der Waals surface area contributed by atoms with E-state index in [9.17, 15) is 4.79 Å². The maximum Gasteiger partial charge on any atom is 0.356 e. The first-order chi connectivity index (χ1) is 10.1. The molecule has 0 atom stereocenters. The van der Waals surface area contributed by atoms with Crippen molar-refractivity contribution >= 4 is 17.6 Å². The lowest BCUT2D eigenvalue weighted by atomic mass is 10.2. The van der Waals surface area contributed by atoms with Crippen LogP contribution in [0, 0.1) is 0 Å². The highest BCUT2D eigenvalue weighted by atomic mass is 35.5. The van der Waals surface area contributed by atoms with E-state index in [1.165, 1.54) is 6.07 Å². The molecule has 0 aliphatic rings. The molecule has 6 heteroatoms. The summed E-state index contributed by atoms with van der Waals surface area (Å²) in [5.41, 5.74) is 1.93. The highest BCUT2D eigenvalue weighted by Gasteiger charge is 2.16. The van der Waals surface area contributed by atoms with Crippen LogP contribution in [0.4, 0.5) is 0 Å². The van der Waals surface area contributed by atoms with Crippen LogP contribution in [-0.4, -0.2) is 25.8 Å². The normalized spacial score (nSPS) is 10.5. The van der Waals surface area contributed by atoms with Crippen LogP contribution in [0.3, 0.4) is 0 Å². The lowest BCUT2D eigenvalue weighted by Crippen LogP contribution is -2.02. The molecule has 0 bridgehead atoms. The number of halogens is 1. The molecule has 0 unspecified atom stereocenters. The number of benzene rings is 1. The zero-order chi connectivity index (χ0) is 14.8. The summed E-state index contributed by atoms with van der Waals surface area (Å²) in [7, 11) is 0. The molecule has 0 saturated carbocycles. The Balaban J connectivity index is 2.19. The number of rotatable bonds is 3. The smallest absolute Gasteiger partial charge is 0.356 e. The maximum atomic E-state index is 11.2. The molecule has 2 heterocycles. The molecule has 0 aliphatic heterocycles. The Morgan fingerprint density at radius 1 is 1.14 bits per heavy atom. The molecule has 0 fully saturated rings. The molecule has 3 aromatic rings. The third-order valence-electron chi connectivity index (χ3n) is 2.93. The van der Waals surface area contributed by atoms with Gasteiger partial charge in [-0.05, 0) is 36.4 Å². The summed E-state index contributed by atoms with van der Waals surface area (Å²) in [4.78, 5) is 15.4. The summed E-state index contributed by atoms with van der Waals surface area (Å²) >= 11 is 5.88. The van der Waals surface area contributed by atoms with Crippen LogP contribution in [0.5, 0.6) is 0 Å². The van der Waals surface area contributed by atoms with E-state index in [2.05, 4.69) is 10.1 Å². The fourth-order valence-electron chi connectivity index (χ4n) is 1.96. The van der Waals surface area contributed by atoms with Crippen molar-refractivity contribution in [3.63, 3.8) is 0 Å². The summed E-state index contributed by atoms with van der Waals surface area (Å²) < 4.78 is 1.54. The van der Waals surface area contributed by atoms with Crippen LogP contribution in [-0.2, 0) is 0 Å². The van der Waals surface area contributed by atoms with Gasteiger partial charge in [0.2, 0.25) is 0 Å². The van der Waals surface area contributed by atoms with E-state index < -0.39 is 5.97 Å². The number of pyridine rings is 1. The lowest BCUT2D eigenvalue weighted by molar-refractivity contribution is 0.0690. The number of aromatic carboxylic acids is 1. The quantitative estimate of drug-likeness (QED) is 0.806. The maximum absolute atomic E-state index is 11.2. The Kier molecular flexibility index (Phi) is 3.41. The average molecular weight is 300 g/mol. The molecule has 0 saturated heterocycles. The molecule has 5 nitrogen and oxygen atoms in total. The van der Waals surface area contributed by atoms with Gasteiger partial charge in [0.1, 0.15) is 0 Å². The van der Waals surface area contributed by atoms with Crippen molar-refractivity contribution in [2.75, 3.05) is 0 Å². The summed E-state index contributed by atoms with van der Waals surface area (Å²) in [5.74, 6) is -1.08. The molecule has 1 aromatic carbocycles. The monoisotopic (exact) mass is 299 g/mol. The van der Waals surface area contributed by atoms with Gasteiger partial charge in [-0.3, -0.25) is 4.98 Å². The van der Waals surface area contributed by atoms with Crippen molar-refractivity contribution in [3.8, 4) is 17.1 Å². The molecular weight excluding hydrogens is 290 g/mol. The van der Waals surface area contributed by atoms with Crippen molar-refractivity contribution in [1.29, 1.82) is 0 Å². The van der Waals surface area contributed by atoms with Gasteiger partial charge < -0.3 is 5.11 Å². The molecule has 104 valence electrons. The van der Waals surface area contributed by atoms with Crippen LogP contribution >= 0.6 is 11.6 Å². The van der Waals surface area contributed by atoms with Crippen LogP contribution in [0.15, 0.2) is 54.7 Å². The fourth-order valence-corrected chi connectivity index (χ4v) is 2.09. The van der Waals surface area contributed by atoms with E-state index in [-0.39, 0.29) is 5.69 Å². The number of nitrogens with zero attached hydrogens (tertiary/aromatic N) is 3. The van der Waals surface area contributed by atoms with Gasteiger partial charge in [0, 0.05) is 17.3 Å². The Bertz CT molecular complexity index is 782. The predicted molar refractivity (Wildman–Crippen MR) is 78.8 cm³/mol. The second-order valence-electron chi connectivity index (χ2n) is 4.32. The Hall–Kier alpha value is -2.66. The first kappa shape index (κ1) is 13.3. The van der Waals surface area contributed by atoms with Crippen molar-refractivity contribution < 1.29 is 9.90 Å². The highest BCUT2D eigenvalue weighted by Crippen LogP contribution is 2.23. The van der Waals surface area contributed by atoms with Gasteiger partial charge in [-0.15, -0.1) is 0 Å². The zero-order valence-corrected chi connectivity index (χ0v) is 11.5. The fraction of sp³-hybridized carbons (Fsp3) is 0. The van der Waals surface area contributed by atoms with Gasteiger partial charge in [-0.25, -0.2) is 9.48 Å². The summed E-state index contributed by atoms with van der Waals surface area (Å²) in [5, 5.41) is 13.9. The number of carboxylic acid groups (broad SMARTS) is 1. The first-order valence-electron chi connectivity index (χ1n) is 6.16. The van der Waals surface area contributed by atoms with Gasteiger partial charge in [0.15, 0.2) is 5.69 Å². The van der Waals surface area contributed by atoms with E-state index in [0.717, 1.165) is 0 Å². The molecule has 0 amide bonds. The largest absolute Gasteiger partial charge is 0.476 e. The van der Waals surface area contributed by atoms with Gasteiger partial charge >= 0.3 is 5.97 Å². The molecule has 2 aromatic heterocycles. The molecule has 0 spiro atoms. The third-order valence-corrected chi connectivity index (χ3v) is 3.18. The van der Waals surface area contributed by atoms with E-state index in [0.29, 0.717) is 22.1 Å². The molecule has 0 aliphatic carbocycles. The van der Waals surface area contributed by atoms with Crippen molar-refractivity contribution in [2.24, 2.45) is 0 Å². The summed E-state index contributed by atoms with van der Waals surface area (Å²) in [6.07, 6.45) is 1.65. The average Bonchev–Trinajstić information content (AvgIpc) is 2.94. The molecule has 1 N–H and O–H groups in total. The van der Waals surface area contributed by atoms with Gasteiger partial charge in [0.25, 0.3) is 0 Å². The van der Waals surface area contributed by atoms with Gasteiger partial charge in [0.05, 0.1) is 17.1 Å². The summed E-state index contributed by atoms with van der Waals surface area (Å²) in [6.45, 7) is 0. The molecule has 21 heavy (non-hydrogen) atoms. The van der Waals surface area contributed by atoms with Crippen molar-refractivity contribution in [2.45, 2.75) is 0 Å². The minimum atomic E-state index is -1.08. The number of hydrogen-bond acceptors (Lipinski definition) is 3. The Morgan fingerprint density at radius 3 is 2.52 bits per heavy atom. The topological polar surface area (TPSA) is 68.0 Å². The Labute approximate surface area is 125 Å². The number of carbonyl (C=O) groups is 1. The second-order valence-corrected chi connectivity index (χ2v) is 4.76. The van der Waals surface area contributed by atoms with Crippen LogP contribution in [0.1, 0.15) is 10.5 Å². The van der Waals surface area contributed by atoms with Crippen LogP contribution in [0.2, 0.25) is 5.02 Å². The highest BCUT2D eigenvalue weighted by molar-refractivity contribution is 6.30. The van der Waals surface area contributed by atoms with Crippen LogP contribution < -0.4 is 0 Å². The molecule has 3 rings (SSSR count). The van der Waals surface area contributed by atoms with Crippen molar-refractivity contribution in [3.05, 3.63) is 65.4 Å². The number of hydrogen-bond donors (Lipinski definition) is 1. The predicted octanol–water partition coefficient (Wildman–Crippen LogP) is 3.29. The van der Waals surface area contributed by atoms with Crippen molar-refractivity contribution in [1.82, 2.24) is 14.8 Å². The second kappa shape index (κ2) is 5.38. The molecular formula is C15H10ClN3O2. The minimum Gasteiger partial charge on any atom is -0.476 e. The van der Waals surface area contributed by atoms with Crippen LogP contribution in [0.25, 0.3) is 17.1 Å².